The molecule has 1 aromatic carbocycles. The summed E-state index contributed by atoms with van der Waals surface area (Å²) >= 11 is 0. The molecule has 0 aliphatic carbocycles. The van der Waals surface area contributed by atoms with E-state index in [1.807, 2.05) is 13.0 Å². The summed E-state index contributed by atoms with van der Waals surface area (Å²) in [4.78, 5) is 4.51. The van der Waals surface area contributed by atoms with E-state index in [0.29, 0.717) is 12.5 Å². The second-order valence-electron chi connectivity index (χ2n) is 5.75. The van der Waals surface area contributed by atoms with Crippen LogP contribution in [-0.2, 0) is 6.54 Å². The number of benzene rings is 1. The fourth-order valence-electron chi connectivity index (χ4n) is 2.75. The highest BCUT2D eigenvalue weighted by Gasteiger charge is 2.14. The lowest BCUT2D eigenvalue weighted by atomic mass is 9.96. The first-order chi connectivity index (χ1) is 10.1. The fourth-order valence-corrected chi connectivity index (χ4v) is 2.75. The molecule has 1 heterocycles. The van der Waals surface area contributed by atoms with Crippen LogP contribution in [0.15, 0.2) is 30.3 Å². The van der Waals surface area contributed by atoms with Gasteiger partial charge in [-0.15, -0.1) is 0 Å². The molecular weight excluding hydrogens is 260 g/mol. The van der Waals surface area contributed by atoms with Crippen molar-refractivity contribution >= 4 is 10.9 Å². The zero-order chi connectivity index (χ0) is 15.2. The van der Waals surface area contributed by atoms with E-state index in [9.17, 15) is 5.11 Å². The number of pyridine rings is 1. The van der Waals surface area contributed by atoms with Gasteiger partial charge in [-0.05, 0) is 36.6 Å². The summed E-state index contributed by atoms with van der Waals surface area (Å²) in [5.41, 5.74) is 3.31. The van der Waals surface area contributed by atoms with E-state index in [1.54, 1.807) is 0 Å². The maximum atomic E-state index is 10.1. The van der Waals surface area contributed by atoms with Crippen LogP contribution < -0.4 is 5.32 Å². The molecule has 0 radical (unpaired) electrons. The van der Waals surface area contributed by atoms with Gasteiger partial charge in [0, 0.05) is 24.2 Å². The summed E-state index contributed by atoms with van der Waals surface area (Å²) < 4.78 is 0. The average molecular weight is 286 g/mol. The normalized spacial score (nSPS) is 13.0. The molecule has 0 bridgehead atoms. The lowest BCUT2D eigenvalue weighted by Gasteiger charge is -2.20. The minimum Gasteiger partial charge on any atom is -0.392 e. The van der Waals surface area contributed by atoms with Gasteiger partial charge in [-0.1, -0.05) is 38.8 Å². The molecule has 0 fully saturated rings. The van der Waals surface area contributed by atoms with Gasteiger partial charge in [-0.2, -0.15) is 0 Å². The third-order valence-electron chi connectivity index (χ3n) is 4.17. The molecule has 2 aromatic rings. The van der Waals surface area contributed by atoms with Crippen LogP contribution >= 0.6 is 0 Å². The molecule has 3 nitrogen and oxygen atoms in total. The quantitative estimate of drug-likeness (QED) is 0.819. The Morgan fingerprint density at radius 1 is 1.14 bits per heavy atom. The first-order valence-corrected chi connectivity index (χ1v) is 7.89. The van der Waals surface area contributed by atoms with Crippen molar-refractivity contribution < 1.29 is 5.11 Å². The number of hydrogen-bond donors (Lipinski definition) is 2. The van der Waals surface area contributed by atoms with Crippen LogP contribution in [0.25, 0.3) is 10.9 Å². The zero-order valence-electron chi connectivity index (χ0n) is 13.3. The molecule has 1 atom stereocenters. The molecule has 0 aliphatic heterocycles. The number of aliphatic hydroxyl groups excluding tert-OH is 1. The van der Waals surface area contributed by atoms with E-state index in [2.05, 4.69) is 48.4 Å². The summed E-state index contributed by atoms with van der Waals surface area (Å²) in [5, 5.41) is 14.6. The number of nitrogens with zero attached hydrogens (tertiary/aromatic N) is 1. The van der Waals surface area contributed by atoms with Gasteiger partial charge in [0.05, 0.1) is 11.6 Å². The Bertz CT molecular complexity index is 578. The number of aliphatic hydroxyl groups is 1. The smallest absolute Gasteiger partial charge is 0.0705 e. The maximum absolute atomic E-state index is 10.1. The Morgan fingerprint density at radius 2 is 1.90 bits per heavy atom. The molecule has 3 heteroatoms. The molecule has 2 N–H and O–H groups in total. The Hall–Kier alpha value is -1.45. The van der Waals surface area contributed by atoms with Gasteiger partial charge in [0.15, 0.2) is 0 Å². The number of aryl methyl sites for hydroxylation is 1. The van der Waals surface area contributed by atoms with E-state index in [0.717, 1.165) is 30.6 Å². The molecule has 0 aliphatic rings. The van der Waals surface area contributed by atoms with Crippen LogP contribution in [-0.4, -0.2) is 22.7 Å². The van der Waals surface area contributed by atoms with Crippen LogP contribution in [0, 0.1) is 12.8 Å². The second-order valence-corrected chi connectivity index (χ2v) is 5.75. The van der Waals surface area contributed by atoms with Gasteiger partial charge in [-0.25, -0.2) is 0 Å². The van der Waals surface area contributed by atoms with Gasteiger partial charge >= 0.3 is 0 Å². The molecule has 21 heavy (non-hydrogen) atoms. The highest BCUT2D eigenvalue weighted by atomic mass is 16.3. The van der Waals surface area contributed by atoms with Crippen molar-refractivity contribution in [2.45, 2.75) is 46.3 Å². The van der Waals surface area contributed by atoms with Crippen LogP contribution in [0.5, 0.6) is 0 Å². The first-order valence-electron chi connectivity index (χ1n) is 7.89. The Kier molecular flexibility index (Phi) is 5.71. The number of rotatable bonds is 7. The lowest BCUT2D eigenvalue weighted by molar-refractivity contribution is 0.101. The van der Waals surface area contributed by atoms with Crippen molar-refractivity contribution in [2.75, 3.05) is 6.54 Å². The monoisotopic (exact) mass is 286 g/mol. The van der Waals surface area contributed by atoms with Crippen LogP contribution in [0.2, 0.25) is 0 Å². The van der Waals surface area contributed by atoms with Gasteiger partial charge in [0.2, 0.25) is 0 Å². The van der Waals surface area contributed by atoms with E-state index >= 15 is 0 Å². The largest absolute Gasteiger partial charge is 0.392 e. The molecule has 0 saturated carbocycles. The molecule has 0 amide bonds. The third kappa shape index (κ3) is 4.26. The summed E-state index contributed by atoms with van der Waals surface area (Å²) in [6.45, 7) is 7.71. The van der Waals surface area contributed by atoms with Crippen LogP contribution in [0.3, 0.4) is 0 Å². The minimum atomic E-state index is -0.259. The molecule has 114 valence electrons. The van der Waals surface area contributed by atoms with Crippen molar-refractivity contribution in [3.8, 4) is 0 Å². The van der Waals surface area contributed by atoms with Crippen molar-refractivity contribution in [3.63, 3.8) is 0 Å². The molecule has 1 aromatic heterocycles. The predicted molar refractivity (Wildman–Crippen MR) is 88.3 cm³/mol. The third-order valence-corrected chi connectivity index (χ3v) is 4.17. The number of fused-ring (bicyclic) bond motifs is 1. The standard InChI is InChI=1S/C18H26N2O/c1-4-15(5-2)18(21)12-19-11-14-7-9-17-16(10-14)8-6-13(3)20-17/h6-10,15,18-19,21H,4-5,11-12H2,1-3H3. The Morgan fingerprint density at radius 3 is 2.62 bits per heavy atom. The predicted octanol–water partition coefficient (Wildman–Crippen LogP) is 3.43. The van der Waals surface area contributed by atoms with Gasteiger partial charge in [0.1, 0.15) is 0 Å². The number of nitrogens with one attached hydrogen (secondary N) is 1. The molecule has 2 rings (SSSR count). The topological polar surface area (TPSA) is 45.1 Å². The van der Waals surface area contributed by atoms with Crippen LogP contribution in [0.1, 0.15) is 37.9 Å². The van der Waals surface area contributed by atoms with E-state index in [1.165, 1.54) is 10.9 Å². The SMILES string of the molecule is CCC(CC)C(O)CNCc1ccc2nc(C)ccc2c1. The second kappa shape index (κ2) is 7.53. The van der Waals surface area contributed by atoms with Gasteiger partial charge in [0.25, 0.3) is 0 Å². The van der Waals surface area contributed by atoms with Crippen molar-refractivity contribution in [1.29, 1.82) is 0 Å². The highest BCUT2D eigenvalue weighted by molar-refractivity contribution is 5.79. The average Bonchev–Trinajstić information content (AvgIpc) is 2.48. The van der Waals surface area contributed by atoms with Gasteiger partial charge in [-0.3, -0.25) is 4.98 Å². The van der Waals surface area contributed by atoms with Crippen molar-refractivity contribution in [2.24, 2.45) is 5.92 Å². The molecule has 0 spiro atoms. The van der Waals surface area contributed by atoms with Crippen LogP contribution in [0.4, 0.5) is 0 Å². The number of hydrogen-bond acceptors (Lipinski definition) is 3. The highest BCUT2D eigenvalue weighted by Crippen LogP contribution is 2.15. The number of aromatic nitrogens is 1. The fraction of sp³-hybridized carbons (Fsp3) is 0.500. The summed E-state index contributed by atoms with van der Waals surface area (Å²) in [6.07, 6.45) is 1.80. The van der Waals surface area contributed by atoms with Gasteiger partial charge < -0.3 is 10.4 Å². The lowest BCUT2D eigenvalue weighted by Crippen LogP contribution is -2.32. The van der Waals surface area contributed by atoms with Crippen molar-refractivity contribution in [1.82, 2.24) is 10.3 Å². The molecule has 1 unspecified atom stereocenters. The van der Waals surface area contributed by atoms with E-state index in [4.69, 9.17) is 0 Å². The van der Waals surface area contributed by atoms with E-state index < -0.39 is 0 Å². The minimum absolute atomic E-state index is 0.259. The van der Waals surface area contributed by atoms with Crippen molar-refractivity contribution in [3.05, 3.63) is 41.6 Å². The van der Waals surface area contributed by atoms with E-state index in [-0.39, 0.29) is 6.10 Å². The molecule has 0 saturated heterocycles. The first kappa shape index (κ1) is 15.9. The maximum Gasteiger partial charge on any atom is 0.0705 e. The zero-order valence-corrected chi connectivity index (χ0v) is 13.3. The Balaban J connectivity index is 1.93. The summed E-state index contributed by atoms with van der Waals surface area (Å²) in [7, 11) is 0. The summed E-state index contributed by atoms with van der Waals surface area (Å²) in [5.74, 6) is 0.390. The Labute approximate surface area is 127 Å². The summed E-state index contributed by atoms with van der Waals surface area (Å²) in [6, 6.07) is 10.5. The molecular formula is C18H26N2O.